The van der Waals surface area contributed by atoms with Crippen LogP contribution in [0.1, 0.15) is 6.92 Å². The number of anilines is 1. The summed E-state index contributed by atoms with van der Waals surface area (Å²) >= 11 is 10.7. The van der Waals surface area contributed by atoms with Gasteiger partial charge in [-0.1, -0.05) is 39.3 Å². The Labute approximate surface area is 169 Å². The van der Waals surface area contributed by atoms with Crippen LogP contribution in [0.4, 0.5) is 5.69 Å². The van der Waals surface area contributed by atoms with Crippen LogP contribution in [0, 0.1) is 0 Å². The highest BCUT2D eigenvalue weighted by molar-refractivity contribution is 9.10. The molecule has 0 aliphatic rings. The molecule has 134 valence electrons. The number of nitrogens with zero attached hydrogens (tertiary/aromatic N) is 3. The molecule has 0 aliphatic heterocycles. The van der Waals surface area contributed by atoms with Crippen molar-refractivity contribution in [1.29, 1.82) is 0 Å². The van der Waals surface area contributed by atoms with Gasteiger partial charge in [0.2, 0.25) is 5.91 Å². The minimum absolute atomic E-state index is 0.0895. The van der Waals surface area contributed by atoms with E-state index in [0.29, 0.717) is 10.2 Å². The molecule has 0 radical (unpaired) electrons. The molecule has 26 heavy (non-hydrogen) atoms. The smallest absolute Gasteiger partial charge is 0.237 e. The maximum absolute atomic E-state index is 12.4. The number of benzene rings is 2. The molecule has 1 unspecified atom stereocenters. The predicted molar refractivity (Wildman–Crippen MR) is 110 cm³/mol. The quantitative estimate of drug-likeness (QED) is 0.554. The highest BCUT2D eigenvalue weighted by Gasteiger charge is 2.19. The van der Waals surface area contributed by atoms with E-state index in [1.165, 1.54) is 11.8 Å². The van der Waals surface area contributed by atoms with Crippen LogP contribution in [0.3, 0.4) is 0 Å². The van der Waals surface area contributed by atoms with Crippen molar-refractivity contribution in [3.63, 3.8) is 0 Å². The van der Waals surface area contributed by atoms with Gasteiger partial charge >= 0.3 is 0 Å². The van der Waals surface area contributed by atoms with Gasteiger partial charge < -0.3 is 9.88 Å². The molecule has 0 aliphatic carbocycles. The van der Waals surface area contributed by atoms with Crippen LogP contribution in [-0.2, 0) is 11.8 Å². The molecule has 3 aromatic rings. The molecule has 0 fully saturated rings. The van der Waals surface area contributed by atoms with Crippen LogP contribution >= 0.6 is 39.3 Å². The maximum atomic E-state index is 12.4. The van der Waals surface area contributed by atoms with E-state index >= 15 is 0 Å². The normalized spacial score (nSPS) is 12.0. The van der Waals surface area contributed by atoms with Crippen LogP contribution in [0.2, 0.25) is 5.02 Å². The average Bonchev–Trinajstić information content (AvgIpc) is 2.98. The number of carbonyl (C=O) groups excluding carboxylic acids is 1. The van der Waals surface area contributed by atoms with Crippen molar-refractivity contribution in [3.8, 4) is 11.4 Å². The fourth-order valence-corrected chi connectivity index (χ4v) is 3.46. The molecule has 2 aromatic carbocycles. The lowest BCUT2D eigenvalue weighted by Crippen LogP contribution is -2.22. The summed E-state index contributed by atoms with van der Waals surface area (Å²) in [6, 6.07) is 14.9. The van der Waals surface area contributed by atoms with Crippen molar-refractivity contribution >= 4 is 50.9 Å². The molecular weight excluding hydrogens is 436 g/mol. The topological polar surface area (TPSA) is 59.8 Å². The van der Waals surface area contributed by atoms with E-state index in [1.807, 2.05) is 67.1 Å². The molecule has 1 atom stereocenters. The predicted octanol–water partition coefficient (Wildman–Crippen LogP) is 5.02. The number of hydrogen-bond acceptors (Lipinski definition) is 4. The number of amides is 1. The van der Waals surface area contributed by atoms with Gasteiger partial charge in [-0.25, -0.2) is 0 Å². The largest absolute Gasteiger partial charge is 0.325 e. The summed E-state index contributed by atoms with van der Waals surface area (Å²) in [4.78, 5) is 12.4. The number of hydrogen-bond donors (Lipinski definition) is 1. The van der Waals surface area contributed by atoms with Crippen LogP contribution < -0.4 is 5.32 Å². The lowest BCUT2D eigenvalue weighted by atomic mass is 10.2. The second-order valence-electron chi connectivity index (χ2n) is 5.63. The molecule has 8 heteroatoms. The SMILES string of the molecule is CC(Sc1nnc(-c2ccc(Cl)cc2)n1C)C(=O)Nc1ccc(Br)cc1. The fraction of sp³-hybridized carbons (Fsp3) is 0.167. The first-order valence-corrected chi connectivity index (χ1v) is 9.87. The van der Waals surface area contributed by atoms with Crippen molar-refractivity contribution < 1.29 is 4.79 Å². The molecule has 0 spiro atoms. The van der Waals surface area contributed by atoms with Crippen LogP contribution in [0.5, 0.6) is 0 Å². The first-order valence-electron chi connectivity index (χ1n) is 7.82. The number of rotatable bonds is 5. The van der Waals surface area contributed by atoms with E-state index in [4.69, 9.17) is 11.6 Å². The van der Waals surface area contributed by atoms with E-state index in [-0.39, 0.29) is 11.2 Å². The van der Waals surface area contributed by atoms with Crippen molar-refractivity contribution in [1.82, 2.24) is 14.8 Å². The Morgan fingerprint density at radius 2 is 1.81 bits per heavy atom. The summed E-state index contributed by atoms with van der Waals surface area (Å²) in [5.74, 6) is 0.637. The molecule has 0 saturated heterocycles. The average molecular weight is 452 g/mol. The number of carbonyl (C=O) groups is 1. The number of halogens is 2. The number of aromatic nitrogens is 3. The maximum Gasteiger partial charge on any atom is 0.237 e. The Hall–Kier alpha value is -1.83. The standard InChI is InChI=1S/C18H16BrClN4OS/c1-11(17(25)21-15-9-5-13(19)6-10-15)26-18-23-22-16(24(18)2)12-3-7-14(20)8-4-12/h3-11H,1-2H3,(H,21,25). The first kappa shape index (κ1) is 18.9. The van der Waals surface area contributed by atoms with Crippen LogP contribution in [-0.4, -0.2) is 25.9 Å². The van der Waals surface area contributed by atoms with Crippen molar-refractivity contribution in [2.24, 2.45) is 7.05 Å². The molecule has 1 N–H and O–H groups in total. The van der Waals surface area contributed by atoms with Gasteiger partial charge in [0.15, 0.2) is 11.0 Å². The van der Waals surface area contributed by atoms with Gasteiger partial charge in [-0.2, -0.15) is 0 Å². The summed E-state index contributed by atoms with van der Waals surface area (Å²) < 4.78 is 2.84. The monoisotopic (exact) mass is 450 g/mol. The summed E-state index contributed by atoms with van der Waals surface area (Å²) in [6.07, 6.45) is 0. The van der Waals surface area contributed by atoms with E-state index < -0.39 is 0 Å². The highest BCUT2D eigenvalue weighted by atomic mass is 79.9. The molecule has 1 aromatic heterocycles. The molecule has 5 nitrogen and oxygen atoms in total. The van der Waals surface area contributed by atoms with E-state index in [1.54, 1.807) is 0 Å². The molecule has 1 amide bonds. The van der Waals surface area contributed by atoms with E-state index in [0.717, 1.165) is 21.5 Å². The lowest BCUT2D eigenvalue weighted by Gasteiger charge is -2.12. The van der Waals surface area contributed by atoms with Crippen LogP contribution in [0.15, 0.2) is 58.2 Å². The minimum Gasteiger partial charge on any atom is -0.325 e. The third-order valence-corrected chi connectivity index (χ3v) is 5.62. The van der Waals surface area contributed by atoms with Crippen molar-refractivity contribution in [2.45, 2.75) is 17.3 Å². The summed E-state index contributed by atoms with van der Waals surface area (Å²) in [6.45, 7) is 1.84. The Morgan fingerprint density at radius 3 is 2.46 bits per heavy atom. The van der Waals surface area contributed by atoms with Crippen molar-refractivity contribution in [2.75, 3.05) is 5.32 Å². The first-order chi connectivity index (χ1) is 12.4. The van der Waals surface area contributed by atoms with Gasteiger partial charge in [-0.15, -0.1) is 10.2 Å². The zero-order chi connectivity index (χ0) is 18.7. The third-order valence-electron chi connectivity index (χ3n) is 3.70. The Morgan fingerprint density at radius 1 is 1.15 bits per heavy atom. The highest BCUT2D eigenvalue weighted by Crippen LogP contribution is 2.27. The Kier molecular flexibility index (Phi) is 6.01. The Bertz CT molecular complexity index is 912. The second kappa shape index (κ2) is 8.24. The van der Waals surface area contributed by atoms with Gasteiger partial charge in [-0.05, 0) is 55.5 Å². The van der Waals surface area contributed by atoms with E-state index in [2.05, 4.69) is 31.4 Å². The molecule has 0 saturated carbocycles. The number of thioether (sulfide) groups is 1. The second-order valence-corrected chi connectivity index (χ2v) is 8.29. The third kappa shape index (κ3) is 4.47. The zero-order valence-electron chi connectivity index (χ0n) is 14.1. The molecule has 0 bridgehead atoms. The number of nitrogens with one attached hydrogen (secondary N) is 1. The fourth-order valence-electron chi connectivity index (χ4n) is 2.26. The van der Waals surface area contributed by atoms with Crippen molar-refractivity contribution in [3.05, 3.63) is 58.0 Å². The summed E-state index contributed by atoms with van der Waals surface area (Å²) in [7, 11) is 1.88. The summed E-state index contributed by atoms with van der Waals surface area (Å²) in [5, 5.41) is 12.4. The van der Waals surface area contributed by atoms with Gasteiger partial charge in [0.05, 0.1) is 5.25 Å². The minimum atomic E-state index is -0.320. The van der Waals surface area contributed by atoms with Gasteiger partial charge in [0, 0.05) is 27.8 Å². The molecular formula is C18H16BrClN4OS. The summed E-state index contributed by atoms with van der Waals surface area (Å²) in [5.41, 5.74) is 1.67. The van der Waals surface area contributed by atoms with Gasteiger partial charge in [0.25, 0.3) is 0 Å². The Balaban J connectivity index is 1.69. The van der Waals surface area contributed by atoms with E-state index in [9.17, 15) is 4.79 Å². The molecule has 3 rings (SSSR count). The van der Waals surface area contributed by atoms with Crippen LogP contribution in [0.25, 0.3) is 11.4 Å². The lowest BCUT2D eigenvalue weighted by molar-refractivity contribution is -0.115. The zero-order valence-corrected chi connectivity index (χ0v) is 17.3. The van der Waals surface area contributed by atoms with Gasteiger partial charge in [-0.3, -0.25) is 4.79 Å². The molecule has 1 heterocycles. The van der Waals surface area contributed by atoms with Gasteiger partial charge in [0.1, 0.15) is 0 Å².